The second kappa shape index (κ2) is 5.71. The number of rotatable bonds is 4. The molecular weight excluding hydrogens is 235 g/mol. The summed E-state index contributed by atoms with van der Waals surface area (Å²) >= 11 is 0. The van der Waals surface area contributed by atoms with Gasteiger partial charge < -0.3 is 4.74 Å². The fourth-order valence-corrected chi connectivity index (χ4v) is 1.18. The zero-order valence-corrected chi connectivity index (χ0v) is 10.8. The zero-order chi connectivity index (χ0) is 13.9. The Balaban J connectivity index is 4.48. The highest BCUT2D eigenvalue weighted by Gasteiger charge is 2.33. The maximum absolute atomic E-state index is 12.1. The highest BCUT2D eigenvalue weighted by molar-refractivity contribution is 5.76. The van der Waals surface area contributed by atoms with Crippen molar-refractivity contribution in [3.63, 3.8) is 0 Å². The van der Waals surface area contributed by atoms with E-state index in [0.717, 1.165) is 0 Å². The van der Waals surface area contributed by atoms with Crippen LogP contribution < -0.4 is 5.32 Å². The summed E-state index contributed by atoms with van der Waals surface area (Å²) in [6.07, 6.45) is -4.34. The van der Waals surface area contributed by atoms with E-state index in [1.54, 1.807) is 34.6 Å². The normalized spacial score (nSPS) is 14.9. The summed E-state index contributed by atoms with van der Waals surface area (Å²) in [5.74, 6) is -0.927. The average molecular weight is 255 g/mol. The lowest BCUT2D eigenvalue weighted by atomic mass is 10.0. The van der Waals surface area contributed by atoms with E-state index in [-0.39, 0.29) is 5.92 Å². The Bertz CT molecular complexity index is 256. The molecular formula is C11H20F3NO2. The topological polar surface area (TPSA) is 38.3 Å². The molecule has 0 radical (unpaired) electrons. The van der Waals surface area contributed by atoms with Crippen LogP contribution in [0.2, 0.25) is 0 Å². The lowest BCUT2D eigenvalue weighted by molar-refractivity contribution is -0.161. The van der Waals surface area contributed by atoms with Crippen LogP contribution in [0.25, 0.3) is 0 Å². The maximum atomic E-state index is 12.1. The van der Waals surface area contributed by atoms with Gasteiger partial charge in [0.1, 0.15) is 11.6 Å². The van der Waals surface area contributed by atoms with Gasteiger partial charge in [-0.05, 0) is 26.7 Å². The van der Waals surface area contributed by atoms with Gasteiger partial charge in [-0.2, -0.15) is 13.2 Å². The van der Waals surface area contributed by atoms with E-state index in [0.29, 0.717) is 0 Å². The summed E-state index contributed by atoms with van der Waals surface area (Å²) < 4.78 is 41.3. The van der Waals surface area contributed by atoms with Crippen LogP contribution in [0.5, 0.6) is 0 Å². The quantitative estimate of drug-likeness (QED) is 0.784. The van der Waals surface area contributed by atoms with Gasteiger partial charge in [0, 0.05) is 0 Å². The predicted octanol–water partition coefficient (Wildman–Crippen LogP) is 2.50. The Hall–Kier alpha value is -0.780. The minimum absolute atomic E-state index is 0.271. The molecule has 0 aromatic rings. The Morgan fingerprint density at radius 2 is 1.71 bits per heavy atom. The van der Waals surface area contributed by atoms with Crippen LogP contribution >= 0.6 is 0 Å². The second-order valence-corrected chi connectivity index (χ2v) is 5.25. The molecule has 3 nitrogen and oxygen atoms in total. The highest BCUT2D eigenvalue weighted by atomic mass is 19.4. The van der Waals surface area contributed by atoms with Gasteiger partial charge in [-0.3, -0.25) is 10.1 Å². The Morgan fingerprint density at radius 3 is 2.00 bits per heavy atom. The average Bonchev–Trinajstić information content (AvgIpc) is 1.96. The van der Waals surface area contributed by atoms with Crippen LogP contribution in [0.4, 0.5) is 13.2 Å². The highest BCUT2D eigenvalue weighted by Crippen LogP contribution is 2.16. The number of hydrogen-bond donors (Lipinski definition) is 1. The number of esters is 1. The molecule has 0 aromatic heterocycles. The monoisotopic (exact) mass is 255 g/mol. The summed E-state index contributed by atoms with van der Waals surface area (Å²) in [4.78, 5) is 11.7. The van der Waals surface area contributed by atoms with Crippen LogP contribution in [0.15, 0.2) is 0 Å². The third-order valence-electron chi connectivity index (χ3n) is 1.85. The molecule has 1 N–H and O–H groups in total. The van der Waals surface area contributed by atoms with Gasteiger partial charge in [-0.15, -0.1) is 0 Å². The molecule has 0 aliphatic heterocycles. The third-order valence-corrected chi connectivity index (χ3v) is 1.85. The Kier molecular flexibility index (Phi) is 5.45. The van der Waals surface area contributed by atoms with E-state index in [9.17, 15) is 18.0 Å². The third kappa shape index (κ3) is 8.01. The van der Waals surface area contributed by atoms with Crippen molar-refractivity contribution in [1.29, 1.82) is 0 Å². The van der Waals surface area contributed by atoms with E-state index >= 15 is 0 Å². The van der Waals surface area contributed by atoms with Crippen molar-refractivity contribution in [1.82, 2.24) is 5.32 Å². The van der Waals surface area contributed by atoms with Gasteiger partial charge in [-0.25, -0.2) is 0 Å². The van der Waals surface area contributed by atoms with E-state index in [1.165, 1.54) is 0 Å². The molecule has 0 heterocycles. The first kappa shape index (κ1) is 16.2. The number of nitrogens with one attached hydrogen (secondary N) is 1. The van der Waals surface area contributed by atoms with E-state index in [2.05, 4.69) is 5.32 Å². The number of ether oxygens (including phenoxy) is 1. The van der Waals surface area contributed by atoms with Crippen LogP contribution in [0.3, 0.4) is 0 Å². The van der Waals surface area contributed by atoms with Crippen molar-refractivity contribution in [2.45, 2.75) is 52.4 Å². The van der Waals surface area contributed by atoms with Gasteiger partial charge in [0.25, 0.3) is 0 Å². The summed E-state index contributed by atoms with van der Waals surface area (Å²) in [5, 5.41) is 2.18. The van der Waals surface area contributed by atoms with Gasteiger partial charge in [0.2, 0.25) is 0 Å². The molecule has 0 aliphatic carbocycles. The van der Waals surface area contributed by atoms with Crippen molar-refractivity contribution >= 4 is 5.97 Å². The molecule has 0 aliphatic rings. The molecule has 6 heteroatoms. The molecule has 0 saturated heterocycles. The standard InChI is InChI=1S/C11H20F3NO2/c1-7(2)8(15-6-11(12,13)14)9(16)17-10(3,4)5/h7-8,15H,6H2,1-5H3/t8-/m0/s1. The smallest absolute Gasteiger partial charge is 0.401 e. The van der Waals surface area contributed by atoms with E-state index < -0.39 is 30.3 Å². The molecule has 0 saturated carbocycles. The minimum atomic E-state index is -4.34. The zero-order valence-electron chi connectivity index (χ0n) is 10.8. The Morgan fingerprint density at radius 1 is 1.24 bits per heavy atom. The molecule has 0 bridgehead atoms. The molecule has 102 valence electrons. The van der Waals surface area contributed by atoms with Crippen molar-refractivity contribution in [3.8, 4) is 0 Å². The number of hydrogen-bond acceptors (Lipinski definition) is 3. The summed E-state index contributed by atoms with van der Waals surface area (Å²) in [6, 6.07) is -0.948. The van der Waals surface area contributed by atoms with Crippen LogP contribution in [-0.4, -0.2) is 30.3 Å². The van der Waals surface area contributed by atoms with Gasteiger partial charge >= 0.3 is 12.1 Å². The van der Waals surface area contributed by atoms with Gasteiger partial charge in [0.15, 0.2) is 0 Å². The summed E-state index contributed by atoms with van der Waals surface area (Å²) in [7, 11) is 0. The summed E-state index contributed by atoms with van der Waals surface area (Å²) in [5.41, 5.74) is -0.704. The van der Waals surface area contributed by atoms with Gasteiger partial charge in [-0.1, -0.05) is 13.8 Å². The van der Waals surface area contributed by atoms with E-state index in [1.807, 2.05) is 0 Å². The molecule has 1 atom stereocenters. The van der Waals surface area contributed by atoms with E-state index in [4.69, 9.17) is 4.74 Å². The second-order valence-electron chi connectivity index (χ2n) is 5.25. The SMILES string of the molecule is CC(C)[C@H](NCC(F)(F)F)C(=O)OC(C)(C)C. The molecule has 0 spiro atoms. The van der Waals surface area contributed by atoms with Crippen molar-refractivity contribution < 1.29 is 22.7 Å². The van der Waals surface area contributed by atoms with Crippen molar-refractivity contribution in [2.75, 3.05) is 6.54 Å². The fourth-order valence-electron chi connectivity index (χ4n) is 1.18. The number of halogens is 3. The lowest BCUT2D eigenvalue weighted by Crippen LogP contribution is -2.47. The molecule has 0 aromatic carbocycles. The lowest BCUT2D eigenvalue weighted by Gasteiger charge is -2.26. The van der Waals surface area contributed by atoms with Crippen molar-refractivity contribution in [3.05, 3.63) is 0 Å². The minimum Gasteiger partial charge on any atom is -0.459 e. The molecule has 0 amide bonds. The maximum Gasteiger partial charge on any atom is 0.401 e. The number of carbonyl (C=O) groups is 1. The predicted molar refractivity (Wildman–Crippen MR) is 58.5 cm³/mol. The summed E-state index contributed by atoms with van der Waals surface area (Å²) in [6.45, 7) is 7.15. The van der Waals surface area contributed by atoms with Crippen LogP contribution in [-0.2, 0) is 9.53 Å². The molecule has 0 fully saturated rings. The Labute approximate surface area is 99.7 Å². The fraction of sp³-hybridized carbons (Fsp3) is 0.909. The number of alkyl halides is 3. The first-order chi connectivity index (χ1) is 7.42. The van der Waals surface area contributed by atoms with Crippen LogP contribution in [0, 0.1) is 5.92 Å². The largest absolute Gasteiger partial charge is 0.459 e. The van der Waals surface area contributed by atoms with Crippen LogP contribution in [0.1, 0.15) is 34.6 Å². The molecule has 0 unspecified atom stereocenters. The van der Waals surface area contributed by atoms with Crippen molar-refractivity contribution in [2.24, 2.45) is 5.92 Å². The first-order valence-electron chi connectivity index (χ1n) is 5.45. The number of carbonyl (C=O) groups excluding carboxylic acids is 1. The molecule has 0 rings (SSSR count). The van der Waals surface area contributed by atoms with Gasteiger partial charge in [0.05, 0.1) is 6.54 Å². The molecule has 17 heavy (non-hydrogen) atoms. The first-order valence-corrected chi connectivity index (χ1v) is 5.45.